The largest absolute Gasteiger partial charge is 0.399 e. The second-order valence-electron chi connectivity index (χ2n) is 6.96. The predicted octanol–water partition coefficient (Wildman–Crippen LogP) is 3.16. The number of nitrogens with one attached hydrogen (secondary N) is 1. The minimum absolute atomic E-state index is 0.746. The van der Waals surface area contributed by atoms with Gasteiger partial charge >= 0.3 is 0 Å². The van der Waals surface area contributed by atoms with Crippen molar-refractivity contribution in [3.63, 3.8) is 0 Å². The molecule has 1 aliphatic heterocycles. The summed E-state index contributed by atoms with van der Waals surface area (Å²) >= 11 is 0. The molecular formula is C21H20N6. The van der Waals surface area contributed by atoms with Crippen LogP contribution in [-0.4, -0.2) is 31.4 Å². The second kappa shape index (κ2) is 6.48. The molecule has 0 spiro atoms. The zero-order valence-corrected chi connectivity index (χ0v) is 14.9. The van der Waals surface area contributed by atoms with Crippen LogP contribution in [0.15, 0.2) is 55.0 Å². The van der Waals surface area contributed by atoms with E-state index in [9.17, 15) is 0 Å². The molecule has 0 saturated heterocycles. The normalized spacial score (nSPS) is 14.4. The Morgan fingerprint density at radius 3 is 2.89 bits per heavy atom. The van der Waals surface area contributed by atoms with Gasteiger partial charge in [0.25, 0.3) is 0 Å². The van der Waals surface area contributed by atoms with Gasteiger partial charge in [0.05, 0.1) is 5.69 Å². The van der Waals surface area contributed by atoms with Gasteiger partial charge < -0.3 is 10.7 Å². The van der Waals surface area contributed by atoms with Crippen molar-refractivity contribution in [1.29, 1.82) is 0 Å². The Hall–Kier alpha value is -3.25. The van der Waals surface area contributed by atoms with Crippen LogP contribution >= 0.6 is 0 Å². The van der Waals surface area contributed by atoms with Crippen LogP contribution in [0.4, 0.5) is 5.69 Å². The molecule has 0 radical (unpaired) electrons. The summed E-state index contributed by atoms with van der Waals surface area (Å²) < 4.78 is 0. The zero-order valence-electron chi connectivity index (χ0n) is 14.9. The van der Waals surface area contributed by atoms with Crippen molar-refractivity contribution >= 4 is 16.7 Å². The number of fused-ring (bicyclic) bond motifs is 2. The monoisotopic (exact) mass is 356 g/mol. The maximum absolute atomic E-state index is 5.78. The molecule has 5 rings (SSSR count). The first-order valence-electron chi connectivity index (χ1n) is 9.10. The molecule has 6 heteroatoms. The third-order valence-corrected chi connectivity index (χ3v) is 5.12. The van der Waals surface area contributed by atoms with Gasteiger partial charge in [-0.25, -0.2) is 15.0 Å². The number of rotatable bonds is 3. The van der Waals surface area contributed by atoms with Crippen LogP contribution in [0.3, 0.4) is 0 Å². The van der Waals surface area contributed by atoms with Gasteiger partial charge in [-0.2, -0.15) is 0 Å². The van der Waals surface area contributed by atoms with Gasteiger partial charge in [-0.1, -0.05) is 0 Å². The number of H-pyrrole nitrogens is 1. The lowest BCUT2D eigenvalue weighted by Crippen LogP contribution is -2.31. The molecule has 134 valence electrons. The van der Waals surface area contributed by atoms with Gasteiger partial charge in [-0.05, 0) is 53.9 Å². The Balaban J connectivity index is 1.40. The fourth-order valence-electron chi connectivity index (χ4n) is 3.65. The molecule has 0 fully saturated rings. The fourth-order valence-corrected chi connectivity index (χ4v) is 3.65. The van der Waals surface area contributed by atoms with Crippen LogP contribution in [0.25, 0.3) is 22.4 Å². The highest BCUT2D eigenvalue weighted by molar-refractivity contribution is 5.79. The van der Waals surface area contributed by atoms with Gasteiger partial charge in [0.2, 0.25) is 0 Å². The van der Waals surface area contributed by atoms with E-state index in [0.717, 1.165) is 54.5 Å². The molecule has 0 atom stereocenters. The summed E-state index contributed by atoms with van der Waals surface area (Å²) in [6, 6.07) is 11.8. The van der Waals surface area contributed by atoms with Crippen molar-refractivity contribution < 1.29 is 0 Å². The number of nitrogens with two attached hydrogens (primary N) is 1. The van der Waals surface area contributed by atoms with Crippen LogP contribution < -0.4 is 5.73 Å². The van der Waals surface area contributed by atoms with Crippen molar-refractivity contribution in [2.45, 2.75) is 19.5 Å². The number of aromatic amines is 1. The lowest BCUT2D eigenvalue weighted by atomic mass is 10.1. The first-order valence-corrected chi connectivity index (χ1v) is 9.10. The molecule has 0 aliphatic carbocycles. The van der Waals surface area contributed by atoms with Crippen molar-refractivity contribution in [2.24, 2.45) is 0 Å². The molecule has 3 N–H and O–H groups in total. The Morgan fingerprint density at radius 2 is 2.00 bits per heavy atom. The number of benzene rings is 1. The van der Waals surface area contributed by atoms with Crippen LogP contribution in [0.1, 0.15) is 16.8 Å². The molecular weight excluding hydrogens is 336 g/mol. The Labute approximate surface area is 157 Å². The standard InChI is InChI=1S/C21H20N6/c22-17-5-3-14(4-6-17)20-24-10-15-7-9-27(13-19(15)26-20)12-16-11-25-21-18(16)2-1-8-23-21/h1-6,8,10-11H,7,9,12-13,22H2,(H,23,25). The molecule has 27 heavy (non-hydrogen) atoms. The van der Waals surface area contributed by atoms with Crippen molar-refractivity contribution in [3.05, 3.63) is 71.8 Å². The molecule has 6 nitrogen and oxygen atoms in total. The number of hydrogen-bond donors (Lipinski definition) is 2. The van der Waals surface area contributed by atoms with Crippen LogP contribution in [0.2, 0.25) is 0 Å². The molecule has 0 amide bonds. The number of pyridine rings is 1. The van der Waals surface area contributed by atoms with E-state index in [1.807, 2.05) is 42.7 Å². The van der Waals surface area contributed by atoms with Crippen LogP contribution in [0.5, 0.6) is 0 Å². The van der Waals surface area contributed by atoms with E-state index in [0.29, 0.717) is 0 Å². The van der Waals surface area contributed by atoms with E-state index in [1.165, 1.54) is 16.5 Å². The molecule has 1 aromatic carbocycles. The summed E-state index contributed by atoms with van der Waals surface area (Å²) in [5, 5.41) is 1.19. The zero-order chi connectivity index (χ0) is 18.2. The van der Waals surface area contributed by atoms with Crippen LogP contribution in [-0.2, 0) is 19.5 Å². The number of hydrogen-bond acceptors (Lipinski definition) is 5. The lowest BCUT2D eigenvalue weighted by Gasteiger charge is -2.27. The van der Waals surface area contributed by atoms with Gasteiger partial charge in [0, 0.05) is 54.9 Å². The minimum atomic E-state index is 0.746. The van der Waals surface area contributed by atoms with E-state index in [4.69, 9.17) is 10.7 Å². The summed E-state index contributed by atoms with van der Waals surface area (Å²) in [6.07, 6.45) is 6.82. The summed E-state index contributed by atoms with van der Waals surface area (Å²) in [4.78, 5) is 19.5. The summed E-state index contributed by atoms with van der Waals surface area (Å²) in [7, 11) is 0. The number of nitrogens with zero attached hydrogens (tertiary/aromatic N) is 4. The topological polar surface area (TPSA) is 83.7 Å². The molecule has 0 unspecified atom stereocenters. The predicted molar refractivity (Wildman–Crippen MR) is 106 cm³/mol. The number of aromatic nitrogens is 4. The van der Waals surface area contributed by atoms with E-state index < -0.39 is 0 Å². The van der Waals surface area contributed by atoms with Gasteiger partial charge in [0.1, 0.15) is 5.65 Å². The SMILES string of the molecule is Nc1ccc(-c2ncc3c(n2)CN(Cc2c[nH]c4ncccc24)CC3)cc1. The quantitative estimate of drug-likeness (QED) is 0.551. The Bertz CT molecular complexity index is 1100. The highest BCUT2D eigenvalue weighted by atomic mass is 15.1. The first kappa shape index (κ1) is 16.0. The number of anilines is 1. The minimum Gasteiger partial charge on any atom is -0.399 e. The van der Waals surface area contributed by atoms with E-state index >= 15 is 0 Å². The van der Waals surface area contributed by atoms with Gasteiger partial charge in [-0.3, -0.25) is 4.90 Å². The van der Waals surface area contributed by atoms with Gasteiger partial charge in [0.15, 0.2) is 5.82 Å². The first-order chi connectivity index (χ1) is 13.3. The second-order valence-corrected chi connectivity index (χ2v) is 6.96. The Morgan fingerprint density at radius 1 is 1.11 bits per heavy atom. The average Bonchev–Trinajstić information content (AvgIpc) is 3.11. The van der Waals surface area contributed by atoms with Crippen LogP contribution in [0, 0.1) is 0 Å². The molecule has 1 aliphatic rings. The summed E-state index contributed by atoms with van der Waals surface area (Å²) in [5.74, 6) is 0.756. The van der Waals surface area contributed by atoms with E-state index in [1.54, 1.807) is 0 Å². The van der Waals surface area contributed by atoms with Crippen molar-refractivity contribution in [3.8, 4) is 11.4 Å². The number of nitrogen functional groups attached to an aromatic ring is 1. The molecule has 0 saturated carbocycles. The Kier molecular flexibility index (Phi) is 3.83. The third kappa shape index (κ3) is 3.04. The maximum atomic E-state index is 5.78. The third-order valence-electron chi connectivity index (χ3n) is 5.12. The molecule has 0 bridgehead atoms. The fraction of sp³-hybridized carbons (Fsp3) is 0.190. The van der Waals surface area contributed by atoms with E-state index in [2.05, 4.69) is 32.1 Å². The molecule has 4 heterocycles. The van der Waals surface area contributed by atoms with E-state index in [-0.39, 0.29) is 0 Å². The highest BCUT2D eigenvalue weighted by Gasteiger charge is 2.20. The molecule has 4 aromatic rings. The van der Waals surface area contributed by atoms with Crippen molar-refractivity contribution in [1.82, 2.24) is 24.8 Å². The summed E-state index contributed by atoms with van der Waals surface area (Å²) in [6.45, 7) is 2.71. The highest BCUT2D eigenvalue weighted by Crippen LogP contribution is 2.24. The molecule has 3 aromatic heterocycles. The average molecular weight is 356 g/mol. The smallest absolute Gasteiger partial charge is 0.159 e. The lowest BCUT2D eigenvalue weighted by molar-refractivity contribution is 0.242. The summed E-state index contributed by atoms with van der Waals surface area (Å²) in [5.41, 5.74) is 12.1. The maximum Gasteiger partial charge on any atom is 0.159 e. The van der Waals surface area contributed by atoms with Gasteiger partial charge in [-0.15, -0.1) is 0 Å². The van der Waals surface area contributed by atoms with Crippen molar-refractivity contribution in [2.75, 3.05) is 12.3 Å².